The molecule has 166 valence electrons. The van der Waals surface area contributed by atoms with Gasteiger partial charge in [0, 0.05) is 49.7 Å². The maximum atomic E-state index is 6.28. The average Bonchev–Trinajstić information content (AvgIpc) is 3.41. The first-order valence-corrected chi connectivity index (χ1v) is 10.8. The lowest BCUT2D eigenvalue weighted by Gasteiger charge is -2.16. The van der Waals surface area contributed by atoms with Gasteiger partial charge in [0.05, 0.1) is 42.0 Å². The third-order valence-electron chi connectivity index (χ3n) is 5.94. The van der Waals surface area contributed by atoms with Gasteiger partial charge in [-0.2, -0.15) is 10.2 Å². The standard InChI is InChI=1S/C23H28N8O/c1-15-12-29(3)13-20(15)32-14-18-10-25-30(4)23(18)17-5-6-31-19(7-17)8-21(28-31)27-22-11-24-9-16(2)26-22/h5-11,15,20H,12-14H2,1-4H3,(H,26,27,28)/t15?,20-/m0/s1. The Morgan fingerprint density at radius 3 is 2.78 bits per heavy atom. The number of ether oxygens (including phenoxy) is 1. The summed E-state index contributed by atoms with van der Waals surface area (Å²) >= 11 is 0. The molecule has 4 aromatic rings. The average molecular weight is 433 g/mol. The summed E-state index contributed by atoms with van der Waals surface area (Å²) in [4.78, 5) is 10.9. The van der Waals surface area contributed by atoms with Crippen molar-refractivity contribution in [3.05, 3.63) is 54.2 Å². The molecule has 0 saturated carbocycles. The van der Waals surface area contributed by atoms with Crippen molar-refractivity contribution in [2.45, 2.75) is 26.6 Å². The van der Waals surface area contributed by atoms with Crippen molar-refractivity contribution < 1.29 is 4.74 Å². The fourth-order valence-corrected chi connectivity index (χ4v) is 4.40. The number of aryl methyl sites for hydroxylation is 2. The second-order valence-electron chi connectivity index (χ2n) is 8.68. The van der Waals surface area contributed by atoms with Crippen LogP contribution < -0.4 is 5.32 Å². The first-order valence-electron chi connectivity index (χ1n) is 10.8. The first-order chi connectivity index (χ1) is 15.5. The van der Waals surface area contributed by atoms with E-state index in [1.165, 1.54) is 0 Å². The van der Waals surface area contributed by atoms with Crippen LogP contribution in [0.1, 0.15) is 18.2 Å². The van der Waals surface area contributed by atoms with E-state index in [9.17, 15) is 0 Å². The second kappa shape index (κ2) is 8.33. The lowest BCUT2D eigenvalue weighted by atomic mass is 10.1. The number of likely N-dealkylation sites (tertiary alicyclic amines) is 1. The van der Waals surface area contributed by atoms with E-state index in [1.54, 1.807) is 12.4 Å². The largest absolute Gasteiger partial charge is 0.372 e. The van der Waals surface area contributed by atoms with E-state index in [2.05, 4.69) is 56.5 Å². The van der Waals surface area contributed by atoms with Gasteiger partial charge in [-0.1, -0.05) is 6.92 Å². The predicted molar refractivity (Wildman–Crippen MR) is 123 cm³/mol. The van der Waals surface area contributed by atoms with Crippen molar-refractivity contribution in [3.63, 3.8) is 0 Å². The Morgan fingerprint density at radius 2 is 2.00 bits per heavy atom. The number of fused-ring (bicyclic) bond motifs is 1. The predicted octanol–water partition coefficient (Wildman–Crippen LogP) is 3.04. The lowest BCUT2D eigenvalue weighted by molar-refractivity contribution is 0.0273. The number of hydrogen-bond donors (Lipinski definition) is 1. The molecule has 0 radical (unpaired) electrons. The van der Waals surface area contributed by atoms with Crippen molar-refractivity contribution in [1.29, 1.82) is 0 Å². The molecule has 0 bridgehead atoms. The normalized spacial score (nSPS) is 19.1. The van der Waals surface area contributed by atoms with Crippen LogP contribution in [-0.2, 0) is 18.4 Å². The molecule has 2 atom stereocenters. The summed E-state index contributed by atoms with van der Waals surface area (Å²) in [6.07, 6.45) is 7.53. The van der Waals surface area contributed by atoms with Crippen molar-refractivity contribution in [1.82, 2.24) is 34.3 Å². The number of anilines is 2. The fourth-order valence-electron chi connectivity index (χ4n) is 4.40. The highest BCUT2D eigenvalue weighted by molar-refractivity contribution is 5.71. The highest BCUT2D eigenvalue weighted by Crippen LogP contribution is 2.28. The van der Waals surface area contributed by atoms with E-state index in [0.29, 0.717) is 18.3 Å². The second-order valence-corrected chi connectivity index (χ2v) is 8.68. The quantitative estimate of drug-likeness (QED) is 0.501. The molecule has 9 nitrogen and oxygen atoms in total. The van der Waals surface area contributed by atoms with Gasteiger partial charge in [-0.05, 0) is 32.0 Å². The highest BCUT2D eigenvalue weighted by Gasteiger charge is 2.28. The Hall–Kier alpha value is -3.30. The molecule has 0 aromatic carbocycles. The molecule has 1 saturated heterocycles. The zero-order valence-electron chi connectivity index (χ0n) is 18.9. The summed E-state index contributed by atoms with van der Waals surface area (Å²) < 4.78 is 10.0. The number of hydrogen-bond acceptors (Lipinski definition) is 7. The van der Waals surface area contributed by atoms with Gasteiger partial charge in [-0.3, -0.25) is 9.67 Å². The summed E-state index contributed by atoms with van der Waals surface area (Å²) in [5.74, 6) is 1.92. The van der Waals surface area contributed by atoms with Crippen molar-refractivity contribution in [2.24, 2.45) is 13.0 Å². The Balaban J connectivity index is 1.38. The van der Waals surface area contributed by atoms with Crippen LogP contribution in [0.15, 0.2) is 43.0 Å². The molecule has 9 heteroatoms. The number of likely N-dealkylation sites (N-methyl/N-ethyl adjacent to an activating group) is 1. The van der Waals surface area contributed by atoms with Gasteiger partial charge in [0.1, 0.15) is 5.82 Å². The Bertz CT molecular complexity index is 1250. The van der Waals surface area contributed by atoms with E-state index in [4.69, 9.17) is 4.74 Å². The third-order valence-corrected chi connectivity index (χ3v) is 5.94. The van der Waals surface area contributed by atoms with Crippen LogP contribution in [0.2, 0.25) is 0 Å². The maximum absolute atomic E-state index is 6.28. The molecule has 0 aliphatic carbocycles. The minimum Gasteiger partial charge on any atom is -0.372 e. The number of rotatable bonds is 6. The highest BCUT2D eigenvalue weighted by atomic mass is 16.5. The molecular formula is C23H28N8O. The summed E-state index contributed by atoms with van der Waals surface area (Å²) in [6.45, 7) is 6.76. The minimum absolute atomic E-state index is 0.253. The Kier molecular flexibility index (Phi) is 5.36. The molecule has 5 heterocycles. The molecule has 1 aliphatic rings. The van der Waals surface area contributed by atoms with Crippen molar-refractivity contribution in [2.75, 3.05) is 25.5 Å². The Labute approximate surface area is 187 Å². The number of pyridine rings is 1. The smallest absolute Gasteiger partial charge is 0.154 e. The first kappa shape index (κ1) is 20.6. The third kappa shape index (κ3) is 4.09. The summed E-state index contributed by atoms with van der Waals surface area (Å²) in [5.41, 5.74) is 5.06. The lowest BCUT2D eigenvalue weighted by Crippen LogP contribution is -2.21. The molecule has 1 fully saturated rings. The van der Waals surface area contributed by atoms with Gasteiger partial charge in [0.25, 0.3) is 0 Å². The van der Waals surface area contributed by atoms with Crippen molar-refractivity contribution in [3.8, 4) is 11.3 Å². The monoisotopic (exact) mass is 432 g/mol. The van der Waals surface area contributed by atoms with Gasteiger partial charge >= 0.3 is 0 Å². The van der Waals surface area contributed by atoms with Crippen LogP contribution in [0.5, 0.6) is 0 Å². The molecule has 5 rings (SSSR count). The van der Waals surface area contributed by atoms with E-state index in [0.717, 1.165) is 46.9 Å². The van der Waals surface area contributed by atoms with Crippen LogP contribution in [-0.4, -0.2) is 60.5 Å². The van der Waals surface area contributed by atoms with Crippen LogP contribution in [0.3, 0.4) is 0 Å². The maximum Gasteiger partial charge on any atom is 0.154 e. The van der Waals surface area contributed by atoms with Gasteiger partial charge in [-0.15, -0.1) is 0 Å². The van der Waals surface area contributed by atoms with Gasteiger partial charge in [0.2, 0.25) is 0 Å². The van der Waals surface area contributed by atoms with E-state index >= 15 is 0 Å². The van der Waals surface area contributed by atoms with E-state index < -0.39 is 0 Å². The van der Waals surface area contributed by atoms with Crippen LogP contribution >= 0.6 is 0 Å². The molecule has 32 heavy (non-hydrogen) atoms. The molecule has 0 spiro atoms. The SMILES string of the molecule is Cc1cncc(Nc2cc3cc(-c4c(CO[C@H]5CN(C)CC5C)cnn4C)ccn3n2)n1. The molecule has 1 N–H and O–H groups in total. The summed E-state index contributed by atoms with van der Waals surface area (Å²) in [7, 11) is 4.11. The summed E-state index contributed by atoms with van der Waals surface area (Å²) in [5, 5.41) is 12.3. The van der Waals surface area contributed by atoms with Gasteiger partial charge in [0.15, 0.2) is 5.82 Å². The molecular weight excluding hydrogens is 404 g/mol. The number of nitrogens with one attached hydrogen (secondary N) is 1. The minimum atomic E-state index is 0.253. The zero-order valence-corrected chi connectivity index (χ0v) is 18.9. The fraction of sp³-hybridized carbons (Fsp3) is 0.391. The van der Waals surface area contributed by atoms with Crippen LogP contribution in [0, 0.1) is 12.8 Å². The van der Waals surface area contributed by atoms with E-state index in [1.807, 2.05) is 41.6 Å². The topological polar surface area (TPSA) is 85.4 Å². The van der Waals surface area contributed by atoms with Gasteiger partial charge in [-0.25, -0.2) is 9.50 Å². The molecule has 4 aromatic heterocycles. The van der Waals surface area contributed by atoms with Gasteiger partial charge < -0.3 is 15.0 Å². The number of aromatic nitrogens is 6. The van der Waals surface area contributed by atoms with Crippen LogP contribution in [0.25, 0.3) is 16.8 Å². The molecule has 0 amide bonds. The molecule has 1 unspecified atom stereocenters. The van der Waals surface area contributed by atoms with Crippen LogP contribution in [0.4, 0.5) is 11.6 Å². The van der Waals surface area contributed by atoms with E-state index in [-0.39, 0.29) is 6.10 Å². The number of nitrogens with zero attached hydrogens (tertiary/aromatic N) is 7. The van der Waals surface area contributed by atoms with Crippen molar-refractivity contribution >= 4 is 17.2 Å². The summed E-state index contributed by atoms with van der Waals surface area (Å²) in [6, 6.07) is 6.17. The molecule has 1 aliphatic heterocycles. The zero-order chi connectivity index (χ0) is 22.2. The Morgan fingerprint density at radius 1 is 1.12 bits per heavy atom.